The van der Waals surface area contributed by atoms with Crippen molar-refractivity contribution in [1.29, 1.82) is 0 Å². The van der Waals surface area contributed by atoms with E-state index >= 15 is 0 Å². The Bertz CT molecular complexity index is 876. The molecule has 0 bridgehead atoms. The number of aromatic nitrogens is 2. The number of anilines is 2. The van der Waals surface area contributed by atoms with Gasteiger partial charge in [0.25, 0.3) is 0 Å². The minimum Gasteiger partial charge on any atom is -0.355 e. The molecule has 0 saturated carbocycles. The maximum absolute atomic E-state index is 13.2. The molecule has 0 radical (unpaired) electrons. The Morgan fingerprint density at radius 1 is 1.07 bits per heavy atom. The van der Waals surface area contributed by atoms with Crippen LogP contribution in [0.3, 0.4) is 0 Å². The van der Waals surface area contributed by atoms with Gasteiger partial charge in [-0.2, -0.15) is 0 Å². The lowest BCUT2D eigenvalue weighted by Crippen LogP contribution is -2.27. The highest BCUT2D eigenvalue weighted by atomic mass is 32.2. The zero-order chi connectivity index (χ0) is 18.9. The lowest BCUT2D eigenvalue weighted by atomic mass is 10.3. The third kappa shape index (κ3) is 6.85. The first-order valence-electron chi connectivity index (χ1n) is 8.12. The van der Waals surface area contributed by atoms with Gasteiger partial charge in [0.05, 0.1) is 5.75 Å². The van der Waals surface area contributed by atoms with Crippen molar-refractivity contribution in [2.24, 2.45) is 0 Å². The van der Waals surface area contributed by atoms with Crippen LogP contribution in [0.15, 0.2) is 63.8 Å². The number of nitrogens with one attached hydrogen (secondary N) is 2. The molecule has 27 heavy (non-hydrogen) atoms. The van der Waals surface area contributed by atoms with Gasteiger partial charge in [0.2, 0.25) is 11.0 Å². The third-order valence-corrected chi connectivity index (χ3v) is 6.23. The average molecular weight is 421 g/mol. The lowest BCUT2D eigenvalue weighted by Gasteiger charge is -2.04. The molecule has 0 atom stereocenters. The maximum atomic E-state index is 13.2. The number of nitrogens with zero attached hydrogens (tertiary/aromatic N) is 2. The number of hydrogen-bond donors (Lipinski definition) is 2. The minimum atomic E-state index is -0.318. The van der Waals surface area contributed by atoms with E-state index in [0.717, 1.165) is 5.75 Å². The number of benzene rings is 2. The molecular weight excluding hydrogens is 403 g/mol. The summed E-state index contributed by atoms with van der Waals surface area (Å²) in [6.07, 6.45) is 0. The van der Waals surface area contributed by atoms with Crippen molar-refractivity contribution in [2.45, 2.75) is 9.24 Å². The van der Waals surface area contributed by atoms with Gasteiger partial charge < -0.3 is 10.6 Å². The number of thioether (sulfide) groups is 2. The molecule has 9 heteroatoms. The van der Waals surface area contributed by atoms with E-state index in [9.17, 15) is 9.18 Å². The molecule has 0 aliphatic heterocycles. The van der Waals surface area contributed by atoms with Gasteiger partial charge in [-0.25, -0.2) is 4.39 Å². The quantitative estimate of drug-likeness (QED) is 0.395. The Hall–Kier alpha value is -2.10. The van der Waals surface area contributed by atoms with Crippen LogP contribution < -0.4 is 10.6 Å². The molecule has 0 spiro atoms. The molecule has 0 unspecified atom stereocenters. The highest BCUT2D eigenvalue weighted by Crippen LogP contribution is 2.27. The number of halogens is 1. The summed E-state index contributed by atoms with van der Waals surface area (Å²) in [4.78, 5) is 13.1. The van der Waals surface area contributed by atoms with Crippen molar-refractivity contribution in [2.75, 3.05) is 23.4 Å². The van der Waals surface area contributed by atoms with Crippen LogP contribution in [0.25, 0.3) is 0 Å². The third-order valence-electron chi connectivity index (χ3n) is 3.25. The summed E-state index contributed by atoms with van der Waals surface area (Å²) in [5, 5.41) is 14.5. The SMILES string of the molecule is O=C(CSc1nnc(Nc2cccc(F)c2)s1)NCCSc1ccccc1. The van der Waals surface area contributed by atoms with Gasteiger partial charge in [-0.05, 0) is 30.3 Å². The fraction of sp³-hybridized carbons (Fsp3) is 0.167. The van der Waals surface area contributed by atoms with E-state index in [1.807, 2.05) is 30.3 Å². The molecule has 2 aromatic carbocycles. The van der Waals surface area contributed by atoms with Crippen LogP contribution in [0.1, 0.15) is 0 Å². The first-order chi connectivity index (χ1) is 13.2. The van der Waals surface area contributed by atoms with Gasteiger partial charge in [0.15, 0.2) is 4.34 Å². The molecule has 140 valence electrons. The molecule has 3 rings (SSSR count). The van der Waals surface area contributed by atoms with E-state index < -0.39 is 0 Å². The van der Waals surface area contributed by atoms with Crippen LogP contribution in [-0.2, 0) is 4.79 Å². The summed E-state index contributed by atoms with van der Waals surface area (Å²) in [5.74, 6) is 0.746. The molecule has 1 heterocycles. The first-order valence-corrected chi connectivity index (χ1v) is 10.9. The normalized spacial score (nSPS) is 10.6. The van der Waals surface area contributed by atoms with Crippen LogP contribution in [0.2, 0.25) is 0 Å². The molecule has 1 amide bonds. The van der Waals surface area contributed by atoms with Crippen LogP contribution in [0.4, 0.5) is 15.2 Å². The van der Waals surface area contributed by atoms with Crippen LogP contribution in [-0.4, -0.2) is 34.2 Å². The number of carbonyl (C=O) groups is 1. The number of rotatable bonds is 9. The Morgan fingerprint density at radius 2 is 1.93 bits per heavy atom. The highest BCUT2D eigenvalue weighted by Gasteiger charge is 2.08. The summed E-state index contributed by atoms with van der Waals surface area (Å²) in [5.41, 5.74) is 0.608. The maximum Gasteiger partial charge on any atom is 0.230 e. The van der Waals surface area contributed by atoms with Gasteiger partial charge in [-0.1, -0.05) is 47.4 Å². The van der Waals surface area contributed by atoms with E-state index in [1.165, 1.54) is 40.1 Å². The zero-order valence-electron chi connectivity index (χ0n) is 14.2. The van der Waals surface area contributed by atoms with Crippen molar-refractivity contribution < 1.29 is 9.18 Å². The molecule has 0 aliphatic rings. The van der Waals surface area contributed by atoms with Crippen LogP contribution in [0, 0.1) is 5.82 Å². The molecule has 3 aromatic rings. The second kappa shape index (κ2) is 10.3. The monoisotopic (exact) mass is 420 g/mol. The second-order valence-electron chi connectivity index (χ2n) is 5.31. The van der Waals surface area contributed by atoms with Crippen molar-refractivity contribution in [3.05, 3.63) is 60.4 Å². The lowest BCUT2D eigenvalue weighted by molar-refractivity contribution is -0.118. The van der Waals surface area contributed by atoms with E-state index in [0.29, 0.717) is 21.7 Å². The average Bonchev–Trinajstić information content (AvgIpc) is 3.12. The molecule has 0 saturated heterocycles. The first kappa shape index (κ1) is 19.7. The summed E-state index contributed by atoms with van der Waals surface area (Å²) in [6, 6.07) is 16.2. The molecule has 0 aliphatic carbocycles. The van der Waals surface area contributed by atoms with Gasteiger partial charge in [0, 0.05) is 22.9 Å². The van der Waals surface area contributed by atoms with Crippen LogP contribution >= 0.6 is 34.9 Å². The summed E-state index contributed by atoms with van der Waals surface area (Å²) in [7, 11) is 0. The molecule has 2 N–H and O–H groups in total. The zero-order valence-corrected chi connectivity index (χ0v) is 16.7. The van der Waals surface area contributed by atoms with Crippen LogP contribution in [0.5, 0.6) is 0 Å². The van der Waals surface area contributed by atoms with E-state index in [1.54, 1.807) is 23.9 Å². The Kier molecular flexibility index (Phi) is 7.49. The van der Waals surface area contributed by atoms with E-state index in [-0.39, 0.29) is 17.5 Å². The smallest absolute Gasteiger partial charge is 0.230 e. The number of hydrogen-bond acceptors (Lipinski definition) is 7. The fourth-order valence-electron chi connectivity index (χ4n) is 2.06. The van der Waals surface area contributed by atoms with Crippen molar-refractivity contribution in [3.63, 3.8) is 0 Å². The Balaban J connectivity index is 1.36. The largest absolute Gasteiger partial charge is 0.355 e. The van der Waals surface area contributed by atoms with Gasteiger partial charge in [-0.15, -0.1) is 22.0 Å². The van der Waals surface area contributed by atoms with Crippen molar-refractivity contribution >= 4 is 51.6 Å². The predicted octanol–water partition coefficient (Wildman–Crippen LogP) is 4.42. The summed E-state index contributed by atoms with van der Waals surface area (Å²) < 4.78 is 13.9. The Labute approximate surface area is 169 Å². The molecular formula is C18H17FN4OS3. The second-order valence-corrected chi connectivity index (χ2v) is 8.68. The fourth-order valence-corrected chi connectivity index (χ4v) is 4.45. The van der Waals surface area contributed by atoms with E-state index in [2.05, 4.69) is 20.8 Å². The molecule has 1 aromatic heterocycles. The number of carbonyl (C=O) groups excluding carboxylic acids is 1. The van der Waals surface area contributed by atoms with Gasteiger partial charge >= 0.3 is 0 Å². The minimum absolute atomic E-state index is 0.0384. The highest BCUT2D eigenvalue weighted by molar-refractivity contribution is 8.01. The summed E-state index contributed by atoms with van der Waals surface area (Å²) in [6.45, 7) is 0.613. The van der Waals surface area contributed by atoms with Crippen molar-refractivity contribution in [1.82, 2.24) is 15.5 Å². The molecule has 5 nitrogen and oxygen atoms in total. The number of amides is 1. The topological polar surface area (TPSA) is 66.9 Å². The van der Waals surface area contributed by atoms with Gasteiger partial charge in [-0.3, -0.25) is 4.79 Å². The molecule has 0 fully saturated rings. The standard InChI is InChI=1S/C18H17FN4OS3/c19-13-5-4-6-14(11-13)21-17-22-23-18(27-17)26-12-16(24)20-9-10-25-15-7-2-1-3-8-15/h1-8,11H,9-10,12H2,(H,20,24)(H,21,22). The van der Waals surface area contributed by atoms with E-state index in [4.69, 9.17) is 0 Å². The summed E-state index contributed by atoms with van der Waals surface area (Å²) >= 11 is 4.36. The Morgan fingerprint density at radius 3 is 2.74 bits per heavy atom. The van der Waals surface area contributed by atoms with Crippen molar-refractivity contribution in [3.8, 4) is 0 Å². The predicted molar refractivity (Wildman–Crippen MR) is 110 cm³/mol. The van der Waals surface area contributed by atoms with Gasteiger partial charge in [0.1, 0.15) is 5.82 Å².